The van der Waals surface area contributed by atoms with Crippen molar-refractivity contribution in [2.45, 2.75) is 44.3 Å². The molecule has 0 aliphatic heterocycles. The van der Waals surface area contributed by atoms with Crippen molar-refractivity contribution in [3.8, 4) is 11.8 Å². The number of hydrogen-bond donors (Lipinski definition) is 1. The van der Waals surface area contributed by atoms with Crippen molar-refractivity contribution in [3.05, 3.63) is 47.3 Å². The maximum Gasteiger partial charge on any atom is 0.433 e. The highest BCUT2D eigenvalue weighted by molar-refractivity contribution is 5.75. The molecule has 0 saturated heterocycles. The summed E-state index contributed by atoms with van der Waals surface area (Å²) in [6.07, 6.45) is -2.69. The Morgan fingerprint density at radius 2 is 1.93 bits per heavy atom. The Morgan fingerprint density at radius 1 is 1.25 bits per heavy atom. The van der Waals surface area contributed by atoms with Gasteiger partial charge >= 0.3 is 18.2 Å². The first-order valence-electron chi connectivity index (χ1n) is 8.91. The molecule has 9 heteroatoms. The number of rotatable bonds is 7. The highest BCUT2D eigenvalue weighted by Crippen LogP contribution is 2.41. The number of carbonyl (C=O) groups excluding carboxylic acids is 1. The molecule has 0 spiro atoms. The molecular weight excluding hydrogens is 375 g/mol. The van der Waals surface area contributed by atoms with Crippen molar-refractivity contribution in [1.29, 1.82) is 0 Å². The normalized spacial score (nSPS) is 15.2. The Kier molecular flexibility index (Phi) is 5.83. The third kappa shape index (κ3) is 5.19. The summed E-state index contributed by atoms with van der Waals surface area (Å²) in [6.45, 7) is 1.94. The number of alkyl halides is 3. The number of benzene rings is 1. The van der Waals surface area contributed by atoms with Gasteiger partial charge < -0.3 is 15.2 Å². The smallest absolute Gasteiger partial charge is 0.433 e. The van der Waals surface area contributed by atoms with E-state index in [1.165, 1.54) is 0 Å². The summed E-state index contributed by atoms with van der Waals surface area (Å²) in [4.78, 5) is 19.2. The molecule has 28 heavy (non-hydrogen) atoms. The summed E-state index contributed by atoms with van der Waals surface area (Å²) in [5.41, 5.74) is 5.86. The number of nitrogens with zero attached hydrogens (tertiary/aromatic N) is 2. The lowest BCUT2D eigenvalue weighted by molar-refractivity contribution is -0.144. The third-order valence-electron chi connectivity index (χ3n) is 4.19. The van der Waals surface area contributed by atoms with Gasteiger partial charge in [0.15, 0.2) is 5.69 Å². The van der Waals surface area contributed by atoms with Gasteiger partial charge in [-0.1, -0.05) is 12.1 Å². The van der Waals surface area contributed by atoms with Crippen LogP contribution in [0.25, 0.3) is 0 Å². The van der Waals surface area contributed by atoms with E-state index in [0.717, 1.165) is 24.5 Å². The quantitative estimate of drug-likeness (QED) is 0.721. The summed E-state index contributed by atoms with van der Waals surface area (Å²) < 4.78 is 49.5. The van der Waals surface area contributed by atoms with Crippen LogP contribution in [0.1, 0.15) is 42.6 Å². The molecule has 1 atom stereocenters. The van der Waals surface area contributed by atoms with Gasteiger partial charge in [0.25, 0.3) is 0 Å². The largest absolute Gasteiger partial charge is 0.465 e. The molecule has 1 fully saturated rings. The second kappa shape index (κ2) is 8.14. The summed E-state index contributed by atoms with van der Waals surface area (Å²) in [7, 11) is 0. The van der Waals surface area contributed by atoms with Crippen LogP contribution in [0.2, 0.25) is 0 Å². The molecule has 2 N–H and O–H groups in total. The van der Waals surface area contributed by atoms with Crippen LogP contribution in [0.4, 0.5) is 13.2 Å². The van der Waals surface area contributed by atoms with E-state index in [0.29, 0.717) is 5.69 Å². The zero-order valence-corrected chi connectivity index (χ0v) is 15.2. The number of esters is 1. The molecule has 6 nitrogen and oxygen atoms in total. The van der Waals surface area contributed by atoms with E-state index in [9.17, 15) is 18.0 Å². The number of hydrogen-bond acceptors (Lipinski definition) is 6. The Bertz CT molecular complexity index is 837. The maximum atomic E-state index is 13.1. The standard InChI is InChI=1S/C19H20F3N3O3/c1-2-27-17(26)14(23)9-11-3-7-13(8-4-11)28-18-24-15(12-5-6-12)10-16(25-18)19(20,21)22/h3-4,7-8,10,12,14H,2,5-6,9,23H2,1H3. The first-order chi connectivity index (χ1) is 13.3. The molecule has 1 aliphatic rings. The summed E-state index contributed by atoms with van der Waals surface area (Å²) >= 11 is 0. The van der Waals surface area contributed by atoms with Gasteiger partial charge in [-0.2, -0.15) is 23.1 Å². The zero-order valence-electron chi connectivity index (χ0n) is 15.2. The van der Waals surface area contributed by atoms with Crippen LogP contribution in [0, 0.1) is 0 Å². The lowest BCUT2D eigenvalue weighted by atomic mass is 10.1. The van der Waals surface area contributed by atoms with Gasteiger partial charge in [-0.05, 0) is 49.9 Å². The molecule has 0 amide bonds. The fourth-order valence-corrected chi connectivity index (χ4v) is 2.61. The van der Waals surface area contributed by atoms with Crippen LogP contribution in [-0.2, 0) is 22.1 Å². The van der Waals surface area contributed by atoms with Crippen LogP contribution in [-0.4, -0.2) is 28.6 Å². The van der Waals surface area contributed by atoms with Crippen LogP contribution in [0.5, 0.6) is 11.8 Å². The Balaban J connectivity index is 1.72. The lowest BCUT2D eigenvalue weighted by Gasteiger charge is -2.12. The molecule has 0 radical (unpaired) electrons. The van der Waals surface area contributed by atoms with E-state index in [1.807, 2.05) is 0 Å². The van der Waals surface area contributed by atoms with Crippen LogP contribution in [0.15, 0.2) is 30.3 Å². The Hall–Kier alpha value is -2.68. The average molecular weight is 395 g/mol. The number of ether oxygens (including phenoxy) is 2. The van der Waals surface area contributed by atoms with Gasteiger partial charge in [0, 0.05) is 5.92 Å². The highest BCUT2D eigenvalue weighted by atomic mass is 19.4. The predicted octanol–water partition coefficient (Wildman–Crippen LogP) is 3.60. The molecule has 1 unspecified atom stereocenters. The minimum Gasteiger partial charge on any atom is -0.465 e. The number of carbonyl (C=O) groups is 1. The van der Waals surface area contributed by atoms with Crippen molar-refractivity contribution >= 4 is 5.97 Å². The van der Waals surface area contributed by atoms with Crippen molar-refractivity contribution < 1.29 is 27.4 Å². The van der Waals surface area contributed by atoms with Gasteiger partial charge in [-0.15, -0.1) is 0 Å². The van der Waals surface area contributed by atoms with E-state index >= 15 is 0 Å². The molecular formula is C19H20F3N3O3. The molecule has 1 saturated carbocycles. The van der Waals surface area contributed by atoms with Gasteiger partial charge in [0.2, 0.25) is 0 Å². The number of nitrogens with two attached hydrogens (primary N) is 1. The molecule has 150 valence electrons. The lowest BCUT2D eigenvalue weighted by Crippen LogP contribution is -2.34. The second-order valence-electron chi connectivity index (χ2n) is 6.54. The van der Waals surface area contributed by atoms with E-state index < -0.39 is 23.9 Å². The maximum absolute atomic E-state index is 13.1. The third-order valence-corrected chi connectivity index (χ3v) is 4.19. The van der Waals surface area contributed by atoms with E-state index in [1.54, 1.807) is 31.2 Å². The van der Waals surface area contributed by atoms with E-state index in [4.69, 9.17) is 15.2 Å². The number of aromatic nitrogens is 2. The molecule has 3 rings (SSSR count). The van der Waals surface area contributed by atoms with Crippen molar-refractivity contribution in [2.75, 3.05) is 6.61 Å². The molecule has 2 aromatic rings. The summed E-state index contributed by atoms with van der Waals surface area (Å²) in [6, 6.07) is 6.31. The van der Waals surface area contributed by atoms with E-state index in [2.05, 4.69) is 9.97 Å². The van der Waals surface area contributed by atoms with Gasteiger partial charge in [0.05, 0.1) is 12.3 Å². The molecule has 0 bridgehead atoms. The average Bonchev–Trinajstić information content (AvgIpc) is 3.48. The molecule has 1 aliphatic carbocycles. The Morgan fingerprint density at radius 3 is 2.50 bits per heavy atom. The van der Waals surface area contributed by atoms with Crippen LogP contribution < -0.4 is 10.5 Å². The SMILES string of the molecule is CCOC(=O)C(N)Cc1ccc(Oc2nc(C3CC3)cc(C(F)(F)F)n2)cc1. The van der Waals surface area contributed by atoms with Crippen molar-refractivity contribution in [3.63, 3.8) is 0 Å². The summed E-state index contributed by atoms with van der Waals surface area (Å²) in [5.74, 6) is -0.180. The fraction of sp³-hybridized carbons (Fsp3) is 0.421. The molecule has 1 aromatic heterocycles. The van der Waals surface area contributed by atoms with E-state index in [-0.39, 0.29) is 30.7 Å². The predicted molar refractivity (Wildman–Crippen MR) is 93.8 cm³/mol. The highest BCUT2D eigenvalue weighted by Gasteiger charge is 2.36. The molecule has 1 aromatic carbocycles. The second-order valence-corrected chi connectivity index (χ2v) is 6.54. The first-order valence-corrected chi connectivity index (χ1v) is 8.91. The van der Waals surface area contributed by atoms with Gasteiger partial charge in [-0.25, -0.2) is 0 Å². The topological polar surface area (TPSA) is 87.3 Å². The monoisotopic (exact) mass is 395 g/mol. The number of halogens is 3. The van der Waals surface area contributed by atoms with Gasteiger partial charge in [0.1, 0.15) is 11.8 Å². The van der Waals surface area contributed by atoms with Crippen LogP contribution >= 0.6 is 0 Å². The minimum absolute atomic E-state index is 0.0261. The van der Waals surface area contributed by atoms with Gasteiger partial charge in [-0.3, -0.25) is 4.79 Å². The zero-order chi connectivity index (χ0) is 20.3. The van der Waals surface area contributed by atoms with Crippen LogP contribution in [0.3, 0.4) is 0 Å². The first kappa shape index (κ1) is 20.1. The summed E-state index contributed by atoms with van der Waals surface area (Å²) in [5, 5.41) is 0. The van der Waals surface area contributed by atoms with Crippen molar-refractivity contribution in [1.82, 2.24) is 9.97 Å². The fourth-order valence-electron chi connectivity index (χ4n) is 2.61. The molecule has 1 heterocycles. The Labute approximate surface area is 159 Å². The van der Waals surface area contributed by atoms with Crippen molar-refractivity contribution in [2.24, 2.45) is 5.73 Å². The minimum atomic E-state index is -4.57.